The van der Waals surface area contributed by atoms with Gasteiger partial charge in [0, 0.05) is 53.9 Å². The molecule has 0 radical (unpaired) electrons. The van der Waals surface area contributed by atoms with Gasteiger partial charge in [-0.25, -0.2) is 4.39 Å². The third kappa shape index (κ3) is 4.58. The molecule has 1 unspecified atom stereocenters. The molecule has 0 aromatic heterocycles. The Hall–Kier alpha value is -2.85. The Morgan fingerprint density at radius 1 is 0.976 bits per heavy atom. The highest BCUT2D eigenvalue weighted by Gasteiger charge is 2.64. The zero-order valence-electron chi connectivity index (χ0n) is 25.1. The highest BCUT2D eigenvalue weighted by Crippen LogP contribution is 2.55. The fourth-order valence-corrected chi connectivity index (χ4v) is 6.42. The normalized spacial score (nSPS) is 24.1. The number of benzene rings is 2. The highest BCUT2D eigenvalue weighted by molar-refractivity contribution is 6.66. The van der Waals surface area contributed by atoms with E-state index in [-0.39, 0.29) is 24.2 Å². The molecule has 1 atom stereocenters. The number of rotatable bonds is 6. The van der Waals surface area contributed by atoms with E-state index in [0.717, 1.165) is 18.7 Å². The van der Waals surface area contributed by atoms with Gasteiger partial charge in [-0.15, -0.1) is 0 Å². The Labute approximate surface area is 247 Å². The number of ether oxygens (including phenoxy) is 1. The molecule has 3 amide bonds. The van der Waals surface area contributed by atoms with Crippen molar-refractivity contribution < 1.29 is 23.5 Å². The summed E-state index contributed by atoms with van der Waals surface area (Å²) in [6, 6.07) is 10.9. The van der Waals surface area contributed by atoms with Crippen molar-refractivity contribution >= 4 is 78.3 Å². The van der Waals surface area contributed by atoms with Crippen LogP contribution in [0.3, 0.4) is 0 Å². The second-order valence-corrected chi connectivity index (χ2v) is 13.2. The van der Waals surface area contributed by atoms with Gasteiger partial charge in [-0.1, -0.05) is 29.5 Å². The van der Waals surface area contributed by atoms with Gasteiger partial charge in [0.2, 0.25) is 11.8 Å². The van der Waals surface area contributed by atoms with Crippen LogP contribution in [0.25, 0.3) is 0 Å². The van der Waals surface area contributed by atoms with Crippen molar-refractivity contribution in [1.82, 2.24) is 15.1 Å². The maximum Gasteiger partial charge on any atom is 0.254 e. The van der Waals surface area contributed by atoms with Crippen LogP contribution < -0.4 is 10.6 Å². The maximum atomic E-state index is 15.9. The molecule has 5 rings (SSSR count). The topological polar surface area (TPSA) is 91.0 Å². The number of halogens is 1. The molecule has 3 aliphatic rings. The SMILES string of the molecule is BC(B)(Nc1cccc2c1CN(C1(B)C(=O)NC(=O)C(B)(B)C1(B)B)C2=O)c1cccc(CN2CCOCC2)c1F. The number of morpholine rings is 1. The van der Waals surface area contributed by atoms with E-state index in [1.807, 2.05) is 49.6 Å². The van der Waals surface area contributed by atoms with E-state index in [2.05, 4.69) is 15.5 Å². The third-order valence-corrected chi connectivity index (χ3v) is 10.2. The number of carbonyl (C=O) groups is 3. The Balaban J connectivity index is 1.45. The van der Waals surface area contributed by atoms with Gasteiger partial charge < -0.3 is 15.0 Å². The maximum absolute atomic E-state index is 15.9. The van der Waals surface area contributed by atoms with Crippen molar-refractivity contribution in [2.45, 2.75) is 34.3 Å². The molecule has 16 heteroatoms. The lowest BCUT2D eigenvalue weighted by molar-refractivity contribution is -0.140. The van der Waals surface area contributed by atoms with Crippen molar-refractivity contribution in [3.8, 4) is 0 Å². The number of anilines is 1. The van der Waals surface area contributed by atoms with Gasteiger partial charge in [0.1, 0.15) is 60.7 Å². The van der Waals surface area contributed by atoms with Gasteiger partial charge in [0.05, 0.1) is 18.7 Å². The number of hydrogen-bond donors (Lipinski definition) is 2. The quantitative estimate of drug-likeness (QED) is 0.277. The predicted molar refractivity (Wildman–Crippen MR) is 175 cm³/mol. The van der Waals surface area contributed by atoms with E-state index in [4.69, 9.17) is 4.74 Å². The van der Waals surface area contributed by atoms with Gasteiger partial charge in [0.15, 0.2) is 0 Å². The zero-order chi connectivity index (χ0) is 30.0. The number of fused-ring (bicyclic) bond motifs is 1. The lowest BCUT2D eigenvalue weighted by atomic mass is 9.21. The zero-order valence-corrected chi connectivity index (χ0v) is 25.1. The number of imide groups is 1. The molecule has 2 saturated heterocycles. The van der Waals surface area contributed by atoms with E-state index in [1.54, 1.807) is 46.6 Å². The van der Waals surface area contributed by atoms with E-state index < -0.39 is 27.1 Å². The standard InChI is InChI=1S/C25H34B7FN4O4/c26-22(27)20(39)34-21(40)23(28,25(22,31)32)37-12-15-14(19(37)38)4-2-6-17(15)35-24(29,30)16-5-1-3-13(18(16)33)11-36-7-9-41-10-8-36/h1-6,35H,7-12,26-32H2,(H,34,39,40). The largest absolute Gasteiger partial charge is 0.391 e. The highest BCUT2D eigenvalue weighted by atomic mass is 19.1. The first kappa shape index (κ1) is 29.6. The molecule has 0 bridgehead atoms. The molecule has 3 aliphatic heterocycles. The summed E-state index contributed by atoms with van der Waals surface area (Å²) in [5, 5.41) is 3.45. The first-order chi connectivity index (χ1) is 19.1. The van der Waals surface area contributed by atoms with E-state index in [0.29, 0.717) is 42.1 Å². The summed E-state index contributed by atoms with van der Waals surface area (Å²) < 4.78 is 21.3. The smallest absolute Gasteiger partial charge is 0.254 e. The Morgan fingerprint density at radius 3 is 2.32 bits per heavy atom. The summed E-state index contributed by atoms with van der Waals surface area (Å²) in [7, 11) is 12.9. The number of amides is 3. The minimum absolute atomic E-state index is 0.185. The molecule has 2 aromatic carbocycles. The molecule has 3 heterocycles. The van der Waals surface area contributed by atoms with Gasteiger partial charge >= 0.3 is 0 Å². The van der Waals surface area contributed by atoms with Crippen molar-refractivity contribution in [3.63, 3.8) is 0 Å². The van der Waals surface area contributed by atoms with E-state index in [9.17, 15) is 14.4 Å². The van der Waals surface area contributed by atoms with Crippen LogP contribution in [0.2, 0.25) is 10.4 Å². The van der Waals surface area contributed by atoms with Crippen molar-refractivity contribution in [3.05, 3.63) is 64.5 Å². The van der Waals surface area contributed by atoms with Crippen LogP contribution in [0.1, 0.15) is 27.0 Å². The van der Waals surface area contributed by atoms with Crippen molar-refractivity contribution in [2.24, 2.45) is 0 Å². The van der Waals surface area contributed by atoms with Gasteiger partial charge in [-0.2, -0.15) is 0 Å². The Morgan fingerprint density at radius 2 is 1.63 bits per heavy atom. The third-order valence-electron chi connectivity index (χ3n) is 10.2. The average Bonchev–Trinajstić information content (AvgIpc) is 3.26. The number of nitrogens with zero attached hydrogens (tertiary/aromatic N) is 2. The summed E-state index contributed by atoms with van der Waals surface area (Å²) >= 11 is 0. The molecular weight excluding hydrogens is 515 g/mol. The molecule has 2 aromatic rings. The Kier molecular flexibility index (Phi) is 7.34. The molecule has 2 N–H and O–H groups in total. The van der Waals surface area contributed by atoms with Crippen LogP contribution in [0.5, 0.6) is 0 Å². The van der Waals surface area contributed by atoms with Crippen LogP contribution >= 0.6 is 0 Å². The minimum Gasteiger partial charge on any atom is -0.391 e. The molecular formula is C25H34B7FN4O4. The van der Waals surface area contributed by atoms with Crippen LogP contribution in [0, 0.1) is 5.82 Å². The Bertz CT molecular complexity index is 1440. The molecule has 41 heavy (non-hydrogen) atoms. The van der Waals surface area contributed by atoms with Crippen molar-refractivity contribution in [2.75, 3.05) is 31.6 Å². The summed E-state index contributed by atoms with van der Waals surface area (Å²) in [4.78, 5) is 43.8. The summed E-state index contributed by atoms with van der Waals surface area (Å²) in [5.41, 5.74) is 1.82. The van der Waals surface area contributed by atoms with E-state index in [1.165, 1.54) is 0 Å². The number of carbonyl (C=O) groups excluding carboxylic acids is 3. The number of nitrogens with one attached hydrogen (secondary N) is 2. The minimum atomic E-state index is -1.28. The van der Waals surface area contributed by atoms with Crippen LogP contribution in [0.15, 0.2) is 36.4 Å². The monoisotopic (exact) mass is 550 g/mol. The predicted octanol–water partition coefficient (Wildman–Crippen LogP) is -5.15. The molecule has 0 saturated carbocycles. The molecule has 206 valence electrons. The second kappa shape index (κ2) is 10.2. The summed E-state index contributed by atoms with van der Waals surface area (Å²) in [5.74, 6) is -1.35. The van der Waals surface area contributed by atoms with Gasteiger partial charge in [-0.05, 0) is 22.9 Å². The van der Waals surface area contributed by atoms with Crippen LogP contribution in [0.4, 0.5) is 10.1 Å². The molecule has 0 aliphatic carbocycles. The first-order valence-electron chi connectivity index (χ1n) is 14.3. The van der Waals surface area contributed by atoms with Crippen LogP contribution in [-0.4, -0.2) is 114 Å². The second-order valence-electron chi connectivity index (χ2n) is 13.2. The lowest BCUT2D eigenvalue weighted by Gasteiger charge is -2.59. The van der Waals surface area contributed by atoms with Crippen LogP contribution in [-0.2, 0) is 32.8 Å². The molecule has 8 nitrogen and oxygen atoms in total. The lowest BCUT2D eigenvalue weighted by Crippen LogP contribution is -2.75. The summed E-state index contributed by atoms with van der Waals surface area (Å²) in [6.45, 7) is 3.53. The number of piperidine rings is 1. The first-order valence-corrected chi connectivity index (χ1v) is 14.3. The van der Waals surface area contributed by atoms with Gasteiger partial charge in [-0.3, -0.25) is 24.6 Å². The fraction of sp³-hybridized carbons (Fsp3) is 0.400. The molecule has 2 fully saturated rings. The number of hydrogen-bond acceptors (Lipinski definition) is 6. The summed E-state index contributed by atoms with van der Waals surface area (Å²) in [6.07, 6.45) is 0. The average molecular weight is 549 g/mol. The molecule has 0 spiro atoms. The fourth-order valence-electron chi connectivity index (χ4n) is 6.42. The van der Waals surface area contributed by atoms with E-state index >= 15 is 4.39 Å². The van der Waals surface area contributed by atoms with Crippen molar-refractivity contribution in [1.29, 1.82) is 0 Å². The van der Waals surface area contributed by atoms with Gasteiger partial charge in [0.25, 0.3) is 5.91 Å².